The van der Waals surface area contributed by atoms with Gasteiger partial charge in [0, 0.05) is 29.9 Å². The van der Waals surface area contributed by atoms with E-state index >= 15 is 0 Å². The van der Waals surface area contributed by atoms with Gasteiger partial charge in [0.1, 0.15) is 5.69 Å². The molecule has 0 unspecified atom stereocenters. The Hall–Kier alpha value is -1.99. The van der Waals surface area contributed by atoms with E-state index in [-0.39, 0.29) is 5.97 Å². The molecule has 0 aromatic carbocycles. The lowest BCUT2D eigenvalue weighted by atomic mass is 10.3. The first kappa shape index (κ1) is 16.9. The van der Waals surface area contributed by atoms with Gasteiger partial charge in [-0.15, -0.1) is 6.58 Å². The van der Waals surface area contributed by atoms with Crippen molar-refractivity contribution in [2.24, 2.45) is 0 Å². The lowest BCUT2D eigenvalue weighted by molar-refractivity contribution is 0.0514. The van der Waals surface area contributed by atoms with Crippen LogP contribution in [0, 0.1) is 6.92 Å². The minimum absolute atomic E-state index is 0.286. The molecule has 24 heavy (non-hydrogen) atoms. The predicted molar refractivity (Wildman–Crippen MR) is 93.8 cm³/mol. The molecule has 2 aromatic heterocycles. The van der Waals surface area contributed by atoms with Gasteiger partial charge in [0.05, 0.1) is 25.4 Å². The average Bonchev–Trinajstić information content (AvgIpc) is 3.14. The molecule has 0 bridgehead atoms. The van der Waals surface area contributed by atoms with E-state index in [9.17, 15) is 4.79 Å². The van der Waals surface area contributed by atoms with E-state index in [2.05, 4.69) is 16.0 Å². The highest BCUT2D eigenvalue weighted by Crippen LogP contribution is 2.32. The molecule has 0 N–H and O–H groups in total. The zero-order valence-corrected chi connectivity index (χ0v) is 14.9. The van der Waals surface area contributed by atoms with Crippen molar-refractivity contribution in [2.45, 2.75) is 38.4 Å². The Morgan fingerprint density at radius 3 is 3.08 bits per heavy atom. The van der Waals surface area contributed by atoms with Crippen molar-refractivity contribution in [3.63, 3.8) is 0 Å². The van der Waals surface area contributed by atoms with Crippen molar-refractivity contribution >= 4 is 17.9 Å². The average molecular weight is 346 g/mol. The summed E-state index contributed by atoms with van der Waals surface area (Å²) in [6.45, 7) is 11.2. The number of allylic oxidation sites excluding steroid dienone is 1. The van der Waals surface area contributed by atoms with Crippen LogP contribution in [0.25, 0.3) is 0 Å². The van der Waals surface area contributed by atoms with Crippen LogP contribution in [-0.2, 0) is 24.4 Å². The Morgan fingerprint density at radius 2 is 2.33 bits per heavy atom. The smallest absolute Gasteiger partial charge is 0.354 e. The second-order valence-electron chi connectivity index (χ2n) is 5.60. The van der Waals surface area contributed by atoms with Crippen LogP contribution in [0.15, 0.2) is 35.9 Å². The van der Waals surface area contributed by atoms with E-state index in [1.54, 1.807) is 18.0 Å². The van der Waals surface area contributed by atoms with E-state index in [1.165, 1.54) is 5.69 Å². The molecular formula is C17H22N4O2S. The number of esters is 1. The van der Waals surface area contributed by atoms with Crippen molar-refractivity contribution in [1.82, 2.24) is 18.7 Å². The predicted octanol–water partition coefficient (Wildman–Crippen LogP) is 2.88. The normalized spacial score (nSPS) is 14.4. The van der Waals surface area contributed by atoms with Crippen LogP contribution in [0.5, 0.6) is 0 Å². The number of hydrogen-bond acceptors (Lipinski definition) is 5. The maximum atomic E-state index is 12.2. The fourth-order valence-corrected chi connectivity index (χ4v) is 3.88. The highest BCUT2D eigenvalue weighted by Gasteiger charge is 2.22. The number of ether oxygens (including phenoxy) is 1. The molecule has 1 aliphatic rings. The minimum Gasteiger partial charge on any atom is -0.461 e. The van der Waals surface area contributed by atoms with E-state index in [0.29, 0.717) is 18.8 Å². The molecule has 0 saturated carbocycles. The first-order valence-corrected chi connectivity index (χ1v) is 8.83. The van der Waals surface area contributed by atoms with Crippen LogP contribution in [0.4, 0.5) is 0 Å². The minimum atomic E-state index is -0.286. The third-order valence-corrected chi connectivity index (χ3v) is 5.23. The SMILES string of the molecule is C=CCn1c(C(=O)OCC)cc(SN2CCn3nccc3C2)c1C. The fourth-order valence-electron chi connectivity index (χ4n) is 2.83. The number of fused-ring (bicyclic) bond motifs is 1. The summed E-state index contributed by atoms with van der Waals surface area (Å²) in [5.41, 5.74) is 2.85. The maximum absolute atomic E-state index is 12.2. The van der Waals surface area contributed by atoms with Gasteiger partial charge in [0.2, 0.25) is 0 Å². The van der Waals surface area contributed by atoms with E-state index in [0.717, 1.165) is 30.2 Å². The summed E-state index contributed by atoms with van der Waals surface area (Å²) in [7, 11) is 0. The third kappa shape index (κ3) is 3.27. The third-order valence-electron chi connectivity index (χ3n) is 4.05. The van der Waals surface area contributed by atoms with Crippen molar-refractivity contribution in [2.75, 3.05) is 13.2 Å². The summed E-state index contributed by atoms with van der Waals surface area (Å²) in [5, 5.41) is 4.31. The molecular weight excluding hydrogens is 324 g/mol. The van der Waals surface area contributed by atoms with Gasteiger partial charge in [-0.25, -0.2) is 9.10 Å². The second-order valence-corrected chi connectivity index (χ2v) is 6.74. The van der Waals surface area contributed by atoms with Gasteiger partial charge in [-0.05, 0) is 37.9 Å². The molecule has 0 saturated heterocycles. The van der Waals surface area contributed by atoms with Gasteiger partial charge in [0.25, 0.3) is 0 Å². The van der Waals surface area contributed by atoms with Crippen molar-refractivity contribution < 1.29 is 9.53 Å². The fraction of sp³-hybridized carbons (Fsp3) is 0.412. The number of aromatic nitrogens is 3. The lowest BCUT2D eigenvalue weighted by Gasteiger charge is -2.26. The molecule has 7 heteroatoms. The number of rotatable bonds is 6. The molecule has 3 rings (SSSR count). The first-order chi connectivity index (χ1) is 11.6. The van der Waals surface area contributed by atoms with Gasteiger partial charge in [-0.2, -0.15) is 5.10 Å². The molecule has 128 valence electrons. The van der Waals surface area contributed by atoms with Gasteiger partial charge in [-0.3, -0.25) is 4.68 Å². The van der Waals surface area contributed by atoms with Crippen molar-refractivity contribution in [3.8, 4) is 0 Å². The van der Waals surface area contributed by atoms with Gasteiger partial charge >= 0.3 is 5.97 Å². The van der Waals surface area contributed by atoms with Crippen LogP contribution in [-0.4, -0.2) is 37.8 Å². The monoisotopic (exact) mass is 346 g/mol. The van der Waals surface area contributed by atoms with E-state index in [1.807, 2.05) is 41.4 Å². The van der Waals surface area contributed by atoms with Crippen LogP contribution >= 0.6 is 11.9 Å². The standard InChI is InChI=1S/C17H22N4O2S/c1-4-8-20-13(3)16(11-15(20)17(22)23-5-2)24-19-9-10-21-14(12-19)6-7-18-21/h4,6-7,11H,1,5,8-10,12H2,2-3H3. The quantitative estimate of drug-likeness (QED) is 0.457. The maximum Gasteiger partial charge on any atom is 0.354 e. The van der Waals surface area contributed by atoms with E-state index in [4.69, 9.17) is 4.74 Å². The molecule has 0 atom stereocenters. The molecule has 6 nitrogen and oxygen atoms in total. The Morgan fingerprint density at radius 1 is 1.50 bits per heavy atom. The van der Waals surface area contributed by atoms with Crippen LogP contribution in [0.3, 0.4) is 0 Å². The van der Waals surface area contributed by atoms with Crippen molar-refractivity contribution in [1.29, 1.82) is 0 Å². The Balaban J connectivity index is 1.82. The lowest BCUT2D eigenvalue weighted by Crippen LogP contribution is -2.28. The summed E-state index contributed by atoms with van der Waals surface area (Å²) < 4.78 is 11.5. The topological polar surface area (TPSA) is 52.3 Å². The zero-order chi connectivity index (χ0) is 17.1. The Labute approximate surface area is 146 Å². The number of hydrogen-bond donors (Lipinski definition) is 0. The van der Waals surface area contributed by atoms with Gasteiger partial charge in [-0.1, -0.05) is 6.08 Å². The molecule has 0 radical (unpaired) electrons. The highest BCUT2D eigenvalue weighted by molar-refractivity contribution is 7.97. The first-order valence-electron chi connectivity index (χ1n) is 8.05. The van der Waals surface area contributed by atoms with Gasteiger partial charge < -0.3 is 9.30 Å². The molecule has 2 aromatic rings. The summed E-state index contributed by atoms with van der Waals surface area (Å²) in [6, 6.07) is 3.97. The second kappa shape index (κ2) is 7.27. The van der Waals surface area contributed by atoms with Crippen LogP contribution in [0.1, 0.15) is 28.8 Å². The van der Waals surface area contributed by atoms with Gasteiger partial charge in [0.15, 0.2) is 0 Å². The summed E-state index contributed by atoms with van der Waals surface area (Å²) in [4.78, 5) is 13.3. The van der Waals surface area contributed by atoms with E-state index < -0.39 is 0 Å². The summed E-state index contributed by atoms with van der Waals surface area (Å²) in [5.74, 6) is -0.286. The molecule has 0 amide bonds. The molecule has 0 spiro atoms. The number of carbonyl (C=O) groups excluding carboxylic acids is 1. The summed E-state index contributed by atoms with van der Waals surface area (Å²) in [6.07, 6.45) is 3.64. The van der Waals surface area contributed by atoms with Crippen LogP contribution in [0.2, 0.25) is 0 Å². The number of nitrogens with zero attached hydrogens (tertiary/aromatic N) is 4. The molecule has 3 heterocycles. The Kier molecular flexibility index (Phi) is 5.11. The zero-order valence-electron chi connectivity index (χ0n) is 14.1. The van der Waals surface area contributed by atoms with Crippen LogP contribution < -0.4 is 0 Å². The highest BCUT2D eigenvalue weighted by atomic mass is 32.2. The largest absolute Gasteiger partial charge is 0.461 e. The molecule has 0 aliphatic carbocycles. The molecule has 1 aliphatic heterocycles. The number of carbonyl (C=O) groups is 1. The summed E-state index contributed by atoms with van der Waals surface area (Å²) >= 11 is 1.68. The Bertz CT molecular complexity index is 750. The van der Waals surface area contributed by atoms with Crippen molar-refractivity contribution in [3.05, 3.63) is 48.1 Å². The molecule has 0 fully saturated rings.